The number of hydrogen-bond acceptors (Lipinski definition) is 5. The fourth-order valence-corrected chi connectivity index (χ4v) is 1.39. The molecule has 0 unspecified atom stereocenters. The second kappa shape index (κ2) is 7.65. The van der Waals surface area contributed by atoms with Gasteiger partial charge >= 0.3 is 0 Å². The first-order valence-corrected chi connectivity index (χ1v) is 5.35. The van der Waals surface area contributed by atoms with Crippen molar-refractivity contribution in [1.29, 1.82) is 10.8 Å². The van der Waals surface area contributed by atoms with E-state index in [0.29, 0.717) is 6.54 Å². The molecule has 0 amide bonds. The van der Waals surface area contributed by atoms with Gasteiger partial charge in [0.1, 0.15) is 0 Å². The first kappa shape index (κ1) is 13.5. The van der Waals surface area contributed by atoms with Crippen molar-refractivity contribution in [3.05, 3.63) is 60.2 Å². The lowest BCUT2D eigenvalue weighted by atomic mass is 10.2. The predicted octanol–water partition coefficient (Wildman–Crippen LogP) is 3.59. The zero-order valence-corrected chi connectivity index (χ0v) is 9.77. The van der Waals surface area contributed by atoms with Gasteiger partial charge in [-0.3, -0.25) is 0 Å². The van der Waals surface area contributed by atoms with Crippen LogP contribution in [0.5, 0.6) is 0 Å². The molecule has 0 aliphatic heterocycles. The number of nitrogens with zero attached hydrogens (tertiary/aromatic N) is 4. The number of nitrogens with two attached hydrogens (primary N) is 1. The number of azo groups is 1. The maximum absolute atomic E-state index is 6.00. The number of hydrogen-bond donors (Lipinski definition) is 1. The second-order valence-corrected chi connectivity index (χ2v) is 3.37. The van der Waals surface area contributed by atoms with Crippen LogP contribution >= 0.6 is 0 Å². The average molecular weight is 239 g/mol. The topological polar surface area (TPSA) is 98.3 Å². The molecular formula is C13H13N5. The Bertz CT molecular complexity index is 519. The smallest absolute Gasteiger partial charge is 0.0901 e. The van der Waals surface area contributed by atoms with Crippen LogP contribution in [0.2, 0.25) is 0 Å². The van der Waals surface area contributed by atoms with Gasteiger partial charge in [-0.05, 0) is 23.8 Å². The van der Waals surface area contributed by atoms with E-state index in [4.69, 9.17) is 16.5 Å². The normalized spacial score (nSPS) is 9.72. The van der Waals surface area contributed by atoms with Crippen LogP contribution in [0.15, 0.2) is 64.8 Å². The van der Waals surface area contributed by atoms with E-state index in [1.54, 1.807) is 0 Å². The minimum atomic E-state index is 0.476. The summed E-state index contributed by atoms with van der Waals surface area (Å²) in [5, 5.41) is 20.3. The maximum atomic E-state index is 6.00. The summed E-state index contributed by atoms with van der Waals surface area (Å²) in [6.07, 6.45) is 0. The van der Waals surface area contributed by atoms with Gasteiger partial charge in [-0.25, -0.2) is 0 Å². The minimum Gasteiger partial charge on any atom is -0.326 e. The second-order valence-electron chi connectivity index (χ2n) is 3.37. The molecule has 0 aromatic heterocycles. The molecule has 0 heterocycles. The standard InChI is InChI=1S/C13H13N3.N2/c14-10-11-6-4-5-9-13(11)16-15-12-7-2-1-3-8-12;1-2/h1-9H,10,14H2;. The van der Waals surface area contributed by atoms with E-state index in [1.807, 2.05) is 54.6 Å². The Morgan fingerprint density at radius 3 is 2.11 bits per heavy atom. The quantitative estimate of drug-likeness (QED) is 0.654. The molecule has 0 saturated carbocycles. The number of rotatable bonds is 3. The molecule has 5 heteroatoms. The third-order valence-electron chi connectivity index (χ3n) is 2.24. The molecule has 5 nitrogen and oxygen atoms in total. The Morgan fingerprint density at radius 1 is 0.833 bits per heavy atom. The molecule has 2 N–H and O–H groups in total. The molecule has 0 aliphatic carbocycles. The van der Waals surface area contributed by atoms with Crippen molar-refractivity contribution in [1.82, 2.24) is 0 Å². The van der Waals surface area contributed by atoms with E-state index < -0.39 is 0 Å². The van der Waals surface area contributed by atoms with Crippen molar-refractivity contribution in [2.24, 2.45) is 16.0 Å². The zero-order chi connectivity index (χ0) is 13.2. The summed E-state index contributed by atoms with van der Waals surface area (Å²) in [5.41, 5.74) is 8.29. The molecular weight excluding hydrogens is 226 g/mol. The molecule has 0 spiro atoms. The van der Waals surface area contributed by atoms with Gasteiger partial charge in [0.25, 0.3) is 0 Å². The van der Waals surface area contributed by atoms with E-state index in [9.17, 15) is 0 Å². The van der Waals surface area contributed by atoms with Crippen molar-refractivity contribution in [3.8, 4) is 0 Å². The minimum absolute atomic E-state index is 0.476. The fraction of sp³-hybridized carbons (Fsp3) is 0.0769. The van der Waals surface area contributed by atoms with Crippen molar-refractivity contribution < 1.29 is 0 Å². The van der Waals surface area contributed by atoms with E-state index in [2.05, 4.69) is 10.2 Å². The van der Waals surface area contributed by atoms with Gasteiger partial charge in [0.2, 0.25) is 0 Å². The summed E-state index contributed by atoms with van der Waals surface area (Å²) in [7, 11) is 0. The third-order valence-corrected chi connectivity index (χ3v) is 2.24. The molecule has 2 aromatic rings. The third kappa shape index (κ3) is 3.77. The maximum Gasteiger partial charge on any atom is 0.0901 e. The summed E-state index contributed by atoms with van der Waals surface area (Å²) in [5.74, 6) is 0. The Labute approximate surface area is 105 Å². The van der Waals surface area contributed by atoms with Gasteiger partial charge in [-0.15, -0.1) is 0 Å². The lowest BCUT2D eigenvalue weighted by Crippen LogP contribution is -1.95. The summed E-state index contributed by atoms with van der Waals surface area (Å²) in [6.45, 7) is 0.476. The molecule has 90 valence electrons. The predicted molar refractivity (Wildman–Crippen MR) is 68.4 cm³/mol. The molecule has 0 radical (unpaired) electrons. The highest BCUT2D eigenvalue weighted by molar-refractivity contribution is 5.46. The van der Waals surface area contributed by atoms with Crippen LogP contribution in [-0.2, 0) is 6.54 Å². The SMILES string of the molecule is N#N.NCc1ccccc1N=Nc1ccccc1. The molecule has 2 aromatic carbocycles. The van der Waals surface area contributed by atoms with Gasteiger partial charge in [0.05, 0.1) is 11.4 Å². The Balaban J connectivity index is 0.000000771. The molecule has 0 saturated heterocycles. The molecule has 0 aliphatic rings. The highest BCUT2D eigenvalue weighted by Gasteiger charge is 1.97. The van der Waals surface area contributed by atoms with Crippen LogP contribution in [-0.4, -0.2) is 0 Å². The highest BCUT2D eigenvalue weighted by Crippen LogP contribution is 2.21. The lowest BCUT2D eigenvalue weighted by molar-refractivity contribution is 1.05. The van der Waals surface area contributed by atoms with Crippen LogP contribution in [0, 0.1) is 10.8 Å². The molecule has 0 atom stereocenters. The molecule has 0 fully saturated rings. The van der Waals surface area contributed by atoms with Crippen molar-refractivity contribution in [2.45, 2.75) is 6.54 Å². The zero-order valence-electron chi connectivity index (χ0n) is 9.77. The number of benzene rings is 2. The summed E-state index contributed by atoms with van der Waals surface area (Å²) in [4.78, 5) is 0. The Hall–Kier alpha value is -2.58. The molecule has 0 bridgehead atoms. The average Bonchev–Trinajstić information content (AvgIpc) is 2.48. The van der Waals surface area contributed by atoms with Gasteiger partial charge in [0, 0.05) is 17.3 Å². The Kier molecular flexibility index (Phi) is 5.73. The van der Waals surface area contributed by atoms with E-state index in [0.717, 1.165) is 16.9 Å². The first-order chi connectivity index (χ1) is 8.90. The van der Waals surface area contributed by atoms with Crippen molar-refractivity contribution in [2.75, 3.05) is 0 Å². The van der Waals surface area contributed by atoms with E-state index in [-0.39, 0.29) is 0 Å². The van der Waals surface area contributed by atoms with Gasteiger partial charge in [-0.2, -0.15) is 10.2 Å². The van der Waals surface area contributed by atoms with E-state index in [1.165, 1.54) is 0 Å². The largest absolute Gasteiger partial charge is 0.326 e. The van der Waals surface area contributed by atoms with Crippen molar-refractivity contribution >= 4 is 11.4 Å². The van der Waals surface area contributed by atoms with Gasteiger partial charge in [0.15, 0.2) is 0 Å². The monoisotopic (exact) mass is 239 g/mol. The van der Waals surface area contributed by atoms with Crippen LogP contribution < -0.4 is 5.73 Å². The van der Waals surface area contributed by atoms with Gasteiger partial charge in [-0.1, -0.05) is 36.4 Å². The Morgan fingerprint density at radius 2 is 1.44 bits per heavy atom. The van der Waals surface area contributed by atoms with Crippen LogP contribution in [0.25, 0.3) is 0 Å². The molecule has 2 rings (SSSR count). The summed E-state index contributed by atoms with van der Waals surface area (Å²) in [6, 6.07) is 17.4. The van der Waals surface area contributed by atoms with Crippen molar-refractivity contribution in [3.63, 3.8) is 0 Å². The first-order valence-electron chi connectivity index (χ1n) is 5.35. The van der Waals surface area contributed by atoms with Crippen LogP contribution in [0.4, 0.5) is 11.4 Å². The van der Waals surface area contributed by atoms with Gasteiger partial charge < -0.3 is 5.73 Å². The highest BCUT2D eigenvalue weighted by atomic mass is 15.1. The summed E-state index contributed by atoms with van der Waals surface area (Å²) >= 11 is 0. The lowest BCUT2D eigenvalue weighted by Gasteiger charge is -1.99. The van der Waals surface area contributed by atoms with Crippen LogP contribution in [0.3, 0.4) is 0 Å². The fourth-order valence-electron chi connectivity index (χ4n) is 1.39. The van der Waals surface area contributed by atoms with E-state index >= 15 is 0 Å². The van der Waals surface area contributed by atoms with Crippen LogP contribution in [0.1, 0.15) is 5.56 Å². The molecule has 18 heavy (non-hydrogen) atoms. The summed E-state index contributed by atoms with van der Waals surface area (Å²) < 4.78 is 0.